The molecule has 110 valence electrons. The van der Waals surface area contributed by atoms with Gasteiger partial charge in [0.1, 0.15) is 0 Å². The van der Waals surface area contributed by atoms with Gasteiger partial charge in [-0.1, -0.05) is 6.92 Å². The maximum atomic E-state index is 5.58. The molecule has 0 saturated carbocycles. The maximum absolute atomic E-state index is 5.58. The molecule has 0 unspecified atom stereocenters. The van der Waals surface area contributed by atoms with Gasteiger partial charge in [0.15, 0.2) is 0 Å². The highest BCUT2D eigenvalue weighted by molar-refractivity contribution is 5.79. The average molecular weight is 267 g/mol. The van der Waals surface area contributed by atoms with Crippen molar-refractivity contribution in [2.24, 2.45) is 16.8 Å². The summed E-state index contributed by atoms with van der Waals surface area (Å²) >= 11 is 0. The lowest BCUT2D eigenvalue weighted by Gasteiger charge is -2.35. The number of aliphatic imine (C=N–C) groups is 1. The minimum absolute atomic E-state index is 0.854. The standard InChI is InChI=1S/C14H29N5/c1-2-7-16-14(17-15)19-10-5-13(6-11-19)12-18-8-3-4-9-18/h13H,2-12,15H2,1H3,(H,16,17). The van der Waals surface area contributed by atoms with E-state index in [9.17, 15) is 0 Å². The van der Waals surface area contributed by atoms with Crippen molar-refractivity contribution in [1.29, 1.82) is 0 Å². The molecule has 0 aromatic carbocycles. The Morgan fingerprint density at radius 1 is 1.21 bits per heavy atom. The van der Waals surface area contributed by atoms with Crippen LogP contribution in [0.5, 0.6) is 0 Å². The Kier molecular flexibility index (Phi) is 5.92. The second-order valence-electron chi connectivity index (χ2n) is 5.79. The van der Waals surface area contributed by atoms with Gasteiger partial charge < -0.3 is 9.80 Å². The van der Waals surface area contributed by atoms with Crippen molar-refractivity contribution in [3.8, 4) is 0 Å². The molecule has 0 radical (unpaired) electrons. The number of hydrazine groups is 1. The largest absolute Gasteiger partial charge is 0.342 e. The number of nitrogens with one attached hydrogen (secondary N) is 1. The normalized spacial score (nSPS) is 23.1. The molecule has 0 atom stereocenters. The van der Waals surface area contributed by atoms with Gasteiger partial charge in [0, 0.05) is 26.2 Å². The Balaban J connectivity index is 1.74. The number of likely N-dealkylation sites (tertiary alicyclic amines) is 2. The highest BCUT2D eigenvalue weighted by Gasteiger charge is 2.24. The third-order valence-electron chi connectivity index (χ3n) is 4.24. The molecule has 3 N–H and O–H groups in total. The summed E-state index contributed by atoms with van der Waals surface area (Å²) in [5.41, 5.74) is 2.76. The molecule has 0 spiro atoms. The number of rotatable bonds is 4. The lowest BCUT2D eigenvalue weighted by Crippen LogP contribution is -2.49. The van der Waals surface area contributed by atoms with Crippen molar-refractivity contribution in [3.63, 3.8) is 0 Å². The van der Waals surface area contributed by atoms with Crippen LogP contribution in [0, 0.1) is 5.92 Å². The first kappa shape index (κ1) is 14.6. The molecule has 2 aliphatic heterocycles. The highest BCUT2D eigenvalue weighted by atomic mass is 15.4. The predicted octanol–water partition coefficient (Wildman–Crippen LogP) is 1.02. The van der Waals surface area contributed by atoms with Gasteiger partial charge in [-0.05, 0) is 51.1 Å². The molecule has 2 rings (SSSR count). The summed E-state index contributed by atoms with van der Waals surface area (Å²) in [5, 5.41) is 0. The summed E-state index contributed by atoms with van der Waals surface area (Å²) in [6.45, 7) is 9.09. The van der Waals surface area contributed by atoms with Crippen molar-refractivity contribution in [1.82, 2.24) is 15.2 Å². The zero-order chi connectivity index (χ0) is 13.5. The van der Waals surface area contributed by atoms with Gasteiger partial charge in [-0.15, -0.1) is 0 Å². The van der Waals surface area contributed by atoms with Gasteiger partial charge in [0.2, 0.25) is 5.96 Å². The molecule has 0 bridgehead atoms. The number of guanidine groups is 1. The monoisotopic (exact) mass is 267 g/mol. The Hall–Kier alpha value is -0.810. The third kappa shape index (κ3) is 4.35. The van der Waals surface area contributed by atoms with Crippen LogP contribution in [0.25, 0.3) is 0 Å². The molecule has 2 fully saturated rings. The van der Waals surface area contributed by atoms with E-state index in [1.807, 2.05) is 0 Å². The second-order valence-corrected chi connectivity index (χ2v) is 5.79. The first-order valence-corrected chi connectivity index (χ1v) is 7.82. The van der Waals surface area contributed by atoms with E-state index in [2.05, 4.69) is 27.1 Å². The fourth-order valence-electron chi connectivity index (χ4n) is 3.11. The molecule has 5 nitrogen and oxygen atoms in total. The van der Waals surface area contributed by atoms with Gasteiger partial charge in [-0.25, -0.2) is 5.84 Å². The Bertz CT molecular complexity index is 278. The highest BCUT2D eigenvalue weighted by Crippen LogP contribution is 2.20. The quantitative estimate of drug-likeness (QED) is 0.346. The molecule has 0 aromatic heterocycles. The fraction of sp³-hybridized carbons (Fsp3) is 0.929. The Labute approximate surface area is 117 Å². The van der Waals surface area contributed by atoms with Gasteiger partial charge in [-0.2, -0.15) is 0 Å². The molecule has 19 heavy (non-hydrogen) atoms. The zero-order valence-corrected chi connectivity index (χ0v) is 12.3. The van der Waals surface area contributed by atoms with E-state index in [4.69, 9.17) is 5.84 Å². The van der Waals surface area contributed by atoms with E-state index < -0.39 is 0 Å². The van der Waals surface area contributed by atoms with Crippen molar-refractivity contribution in [2.45, 2.75) is 39.0 Å². The Morgan fingerprint density at radius 2 is 1.89 bits per heavy atom. The molecule has 2 aliphatic rings. The van der Waals surface area contributed by atoms with Crippen molar-refractivity contribution < 1.29 is 0 Å². The van der Waals surface area contributed by atoms with Crippen molar-refractivity contribution in [3.05, 3.63) is 0 Å². The second kappa shape index (κ2) is 7.70. The smallest absolute Gasteiger partial charge is 0.208 e. The van der Waals surface area contributed by atoms with Crippen molar-refractivity contribution >= 4 is 5.96 Å². The lowest BCUT2D eigenvalue weighted by atomic mass is 9.96. The van der Waals surface area contributed by atoms with E-state index in [1.54, 1.807) is 0 Å². The molecule has 5 heteroatoms. The van der Waals surface area contributed by atoms with E-state index in [-0.39, 0.29) is 0 Å². The van der Waals surface area contributed by atoms with Crippen LogP contribution in [0.1, 0.15) is 39.0 Å². The van der Waals surface area contributed by atoms with Crippen LogP contribution < -0.4 is 11.3 Å². The average Bonchev–Trinajstić information content (AvgIpc) is 2.94. The Morgan fingerprint density at radius 3 is 2.47 bits per heavy atom. The summed E-state index contributed by atoms with van der Waals surface area (Å²) in [4.78, 5) is 9.44. The van der Waals surface area contributed by atoms with E-state index in [1.165, 1.54) is 45.3 Å². The lowest BCUT2D eigenvalue weighted by molar-refractivity contribution is 0.198. The van der Waals surface area contributed by atoms with E-state index in [0.717, 1.165) is 37.9 Å². The van der Waals surface area contributed by atoms with Gasteiger partial charge in [0.05, 0.1) is 0 Å². The number of nitrogens with zero attached hydrogens (tertiary/aromatic N) is 3. The summed E-state index contributed by atoms with van der Waals surface area (Å²) < 4.78 is 0. The number of hydrogen-bond acceptors (Lipinski definition) is 3. The predicted molar refractivity (Wildman–Crippen MR) is 79.9 cm³/mol. The summed E-state index contributed by atoms with van der Waals surface area (Å²) in [6.07, 6.45) is 6.39. The fourth-order valence-corrected chi connectivity index (χ4v) is 3.11. The molecular weight excluding hydrogens is 238 g/mol. The van der Waals surface area contributed by atoms with Gasteiger partial charge in [0.25, 0.3) is 0 Å². The van der Waals surface area contributed by atoms with Crippen LogP contribution in [-0.4, -0.2) is 55.0 Å². The topological polar surface area (TPSA) is 56.9 Å². The zero-order valence-electron chi connectivity index (χ0n) is 12.3. The molecule has 0 aromatic rings. The first-order chi connectivity index (χ1) is 9.33. The van der Waals surface area contributed by atoms with Crippen LogP contribution in [0.4, 0.5) is 0 Å². The molecular formula is C14H29N5. The van der Waals surface area contributed by atoms with Crippen molar-refractivity contribution in [2.75, 3.05) is 39.3 Å². The van der Waals surface area contributed by atoms with Crippen LogP contribution >= 0.6 is 0 Å². The third-order valence-corrected chi connectivity index (χ3v) is 4.24. The first-order valence-electron chi connectivity index (χ1n) is 7.82. The van der Waals surface area contributed by atoms with Crippen LogP contribution in [0.2, 0.25) is 0 Å². The number of hydrogen-bond donors (Lipinski definition) is 2. The number of nitrogens with two attached hydrogens (primary N) is 1. The molecule has 0 amide bonds. The van der Waals surface area contributed by atoms with Crippen LogP contribution in [0.3, 0.4) is 0 Å². The summed E-state index contributed by atoms with van der Waals surface area (Å²) in [6, 6.07) is 0. The minimum atomic E-state index is 0.854. The maximum Gasteiger partial charge on any atom is 0.208 e. The van der Waals surface area contributed by atoms with E-state index in [0.29, 0.717) is 0 Å². The van der Waals surface area contributed by atoms with Crippen LogP contribution in [-0.2, 0) is 0 Å². The van der Waals surface area contributed by atoms with Crippen LogP contribution in [0.15, 0.2) is 4.99 Å². The van der Waals surface area contributed by atoms with E-state index >= 15 is 0 Å². The molecule has 2 saturated heterocycles. The summed E-state index contributed by atoms with van der Waals surface area (Å²) in [7, 11) is 0. The summed E-state index contributed by atoms with van der Waals surface area (Å²) in [5.74, 6) is 7.32. The van der Waals surface area contributed by atoms with Gasteiger partial charge >= 0.3 is 0 Å². The molecule has 0 aliphatic carbocycles. The minimum Gasteiger partial charge on any atom is -0.342 e. The van der Waals surface area contributed by atoms with Gasteiger partial charge in [-0.3, -0.25) is 10.4 Å². The number of piperidine rings is 1. The SMILES string of the molecule is CCCN=C(NN)N1CCC(CN2CCCC2)CC1. The molecule has 2 heterocycles.